The fourth-order valence-electron chi connectivity index (χ4n) is 1.68. The summed E-state index contributed by atoms with van der Waals surface area (Å²) in [5.74, 6) is -0.340. The number of rotatable bonds is 2. The third kappa shape index (κ3) is 2.21. The topological polar surface area (TPSA) is 52.3 Å². The average molecular weight is 241 g/mol. The molecular weight excluding hydrogens is 222 g/mol. The van der Waals surface area contributed by atoms with Crippen LogP contribution in [0.1, 0.15) is 47.8 Å². The molecule has 1 aromatic rings. The number of ether oxygens (including phenoxy) is 1. The SMILES string of the molecule is CCc1c(C(C)(C)C)sc(C(=O)OC)c1N. The van der Waals surface area contributed by atoms with Gasteiger partial charge in [0.05, 0.1) is 12.8 Å². The Morgan fingerprint density at radius 2 is 2.00 bits per heavy atom. The van der Waals surface area contributed by atoms with Crippen molar-refractivity contribution in [2.45, 2.75) is 39.5 Å². The van der Waals surface area contributed by atoms with Gasteiger partial charge in [-0.3, -0.25) is 0 Å². The van der Waals surface area contributed by atoms with Gasteiger partial charge in [0, 0.05) is 4.88 Å². The minimum atomic E-state index is -0.340. The van der Waals surface area contributed by atoms with E-state index in [9.17, 15) is 4.79 Å². The second-order valence-corrected chi connectivity index (χ2v) is 5.77. The summed E-state index contributed by atoms with van der Waals surface area (Å²) in [6.45, 7) is 8.42. The predicted molar refractivity (Wildman–Crippen MR) is 68.1 cm³/mol. The smallest absolute Gasteiger partial charge is 0.350 e. The van der Waals surface area contributed by atoms with E-state index >= 15 is 0 Å². The molecule has 0 spiro atoms. The van der Waals surface area contributed by atoms with Crippen LogP contribution in [0.3, 0.4) is 0 Å². The Hall–Kier alpha value is -1.03. The Morgan fingerprint density at radius 3 is 2.31 bits per heavy atom. The summed E-state index contributed by atoms with van der Waals surface area (Å²) in [6, 6.07) is 0. The quantitative estimate of drug-likeness (QED) is 0.810. The molecule has 2 N–H and O–H groups in total. The molecule has 0 saturated heterocycles. The number of methoxy groups -OCH3 is 1. The van der Waals surface area contributed by atoms with Crippen molar-refractivity contribution in [1.29, 1.82) is 0 Å². The van der Waals surface area contributed by atoms with Crippen molar-refractivity contribution >= 4 is 23.0 Å². The zero-order valence-corrected chi connectivity index (χ0v) is 11.3. The Labute approximate surface area is 101 Å². The molecule has 90 valence electrons. The summed E-state index contributed by atoms with van der Waals surface area (Å²) in [5.41, 5.74) is 7.68. The Balaban J connectivity index is 3.37. The van der Waals surface area contributed by atoms with E-state index in [0.717, 1.165) is 12.0 Å². The van der Waals surface area contributed by atoms with Gasteiger partial charge in [-0.15, -0.1) is 11.3 Å². The van der Waals surface area contributed by atoms with E-state index in [-0.39, 0.29) is 11.4 Å². The molecule has 0 saturated carbocycles. The lowest BCUT2D eigenvalue weighted by Gasteiger charge is -2.18. The highest BCUT2D eigenvalue weighted by Crippen LogP contribution is 2.39. The van der Waals surface area contributed by atoms with Crippen LogP contribution in [-0.4, -0.2) is 13.1 Å². The summed E-state index contributed by atoms with van der Waals surface area (Å²) in [5, 5.41) is 0. The largest absolute Gasteiger partial charge is 0.465 e. The molecule has 0 bridgehead atoms. The monoisotopic (exact) mass is 241 g/mol. The highest BCUT2D eigenvalue weighted by molar-refractivity contribution is 7.15. The van der Waals surface area contributed by atoms with Gasteiger partial charge in [0.15, 0.2) is 0 Å². The van der Waals surface area contributed by atoms with Gasteiger partial charge in [-0.25, -0.2) is 4.79 Å². The van der Waals surface area contributed by atoms with Crippen LogP contribution in [0.4, 0.5) is 5.69 Å². The molecule has 0 aromatic carbocycles. The first kappa shape index (κ1) is 13.0. The molecule has 0 radical (unpaired) electrons. The lowest BCUT2D eigenvalue weighted by molar-refractivity contribution is 0.0607. The van der Waals surface area contributed by atoms with Gasteiger partial charge in [-0.2, -0.15) is 0 Å². The zero-order chi connectivity index (χ0) is 12.5. The second-order valence-electron chi connectivity index (χ2n) is 4.75. The maximum absolute atomic E-state index is 11.6. The summed E-state index contributed by atoms with van der Waals surface area (Å²) < 4.78 is 4.73. The molecule has 0 aliphatic heterocycles. The first-order valence-corrected chi connectivity index (χ1v) is 6.14. The Morgan fingerprint density at radius 1 is 1.44 bits per heavy atom. The van der Waals surface area contributed by atoms with Crippen LogP contribution in [0.25, 0.3) is 0 Å². The van der Waals surface area contributed by atoms with Gasteiger partial charge < -0.3 is 10.5 Å². The number of nitrogens with two attached hydrogens (primary N) is 1. The van der Waals surface area contributed by atoms with E-state index in [1.54, 1.807) is 0 Å². The van der Waals surface area contributed by atoms with Gasteiger partial charge in [0.25, 0.3) is 0 Å². The van der Waals surface area contributed by atoms with Gasteiger partial charge in [0.1, 0.15) is 4.88 Å². The number of esters is 1. The molecule has 0 fully saturated rings. The lowest BCUT2D eigenvalue weighted by atomic mass is 9.90. The van der Waals surface area contributed by atoms with E-state index in [2.05, 4.69) is 27.7 Å². The first-order chi connectivity index (χ1) is 7.32. The minimum Gasteiger partial charge on any atom is -0.465 e. The fourth-order valence-corrected chi connectivity index (χ4v) is 2.97. The van der Waals surface area contributed by atoms with Crippen LogP contribution in [0.2, 0.25) is 0 Å². The van der Waals surface area contributed by atoms with E-state index in [1.165, 1.54) is 23.3 Å². The van der Waals surface area contributed by atoms with Crippen LogP contribution in [0.15, 0.2) is 0 Å². The van der Waals surface area contributed by atoms with Gasteiger partial charge in [-0.05, 0) is 17.4 Å². The van der Waals surface area contributed by atoms with Crippen molar-refractivity contribution in [3.63, 3.8) is 0 Å². The molecule has 4 heteroatoms. The summed E-state index contributed by atoms with van der Waals surface area (Å²) in [7, 11) is 1.38. The van der Waals surface area contributed by atoms with Crippen LogP contribution in [0, 0.1) is 0 Å². The molecule has 0 atom stereocenters. The number of hydrogen-bond acceptors (Lipinski definition) is 4. The molecule has 16 heavy (non-hydrogen) atoms. The number of thiophene rings is 1. The van der Waals surface area contributed by atoms with Crippen LogP contribution < -0.4 is 5.73 Å². The molecule has 0 aliphatic carbocycles. The van der Waals surface area contributed by atoms with Crippen LogP contribution in [0.5, 0.6) is 0 Å². The summed E-state index contributed by atoms with van der Waals surface area (Å²) >= 11 is 1.45. The third-order valence-electron chi connectivity index (χ3n) is 2.45. The predicted octanol–water partition coefficient (Wildman–Crippen LogP) is 2.98. The molecular formula is C12H19NO2S. The van der Waals surface area contributed by atoms with Gasteiger partial charge in [-0.1, -0.05) is 27.7 Å². The zero-order valence-electron chi connectivity index (χ0n) is 10.5. The fraction of sp³-hybridized carbons (Fsp3) is 0.583. The van der Waals surface area contributed by atoms with Crippen molar-refractivity contribution in [3.05, 3.63) is 15.3 Å². The molecule has 0 amide bonds. The van der Waals surface area contributed by atoms with Crippen molar-refractivity contribution in [2.24, 2.45) is 0 Å². The van der Waals surface area contributed by atoms with E-state index in [0.29, 0.717) is 10.6 Å². The summed E-state index contributed by atoms with van der Waals surface area (Å²) in [4.78, 5) is 13.3. The van der Waals surface area contributed by atoms with Crippen molar-refractivity contribution < 1.29 is 9.53 Å². The van der Waals surface area contributed by atoms with E-state index < -0.39 is 0 Å². The highest BCUT2D eigenvalue weighted by atomic mass is 32.1. The summed E-state index contributed by atoms with van der Waals surface area (Å²) in [6.07, 6.45) is 0.839. The lowest BCUT2D eigenvalue weighted by Crippen LogP contribution is -2.11. The third-order valence-corrected chi connectivity index (χ3v) is 4.11. The number of carbonyl (C=O) groups is 1. The Bertz CT molecular complexity index is 402. The second kappa shape index (κ2) is 4.45. The molecule has 0 aliphatic rings. The minimum absolute atomic E-state index is 0.0103. The molecule has 1 rings (SSSR count). The Kier molecular flexibility index (Phi) is 3.63. The van der Waals surface area contributed by atoms with Gasteiger partial charge >= 0.3 is 5.97 Å². The van der Waals surface area contributed by atoms with Crippen molar-refractivity contribution in [2.75, 3.05) is 12.8 Å². The number of hydrogen-bond donors (Lipinski definition) is 1. The van der Waals surface area contributed by atoms with Gasteiger partial charge in [0.2, 0.25) is 0 Å². The van der Waals surface area contributed by atoms with Crippen molar-refractivity contribution in [1.82, 2.24) is 0 Å². The van der Waals surface area contributed by atoms with Crippen LogP contribution in [-0.2, 0) is 16.6 Å². The van der Waals surface area contributed by atoms with E-state index in [4.69, 9.17) is 10.5 Å². The normalized spacial score (nSPS) is 11.6. The maximum Gasteiger partial charge on any atom is 0.350 e. The number of nitrogen functional groups attached to an aromatic ring is 1. The first-order valence-electron chi connectivity index (χ1n) is 5.32. The molecule has 1 heterocycles. The molecule has 0 unspecified atom stereocenters. The van der Waals surface area contributed by atoms with Crippen LogP contribution >= 0.6 is 11.3 Å². The number of carbonyl (C=O) groups excluding carboxylic acids is 1. The van der Waals surface area contributed by atoms with Crippen molar-refractivity contribution in [3.8, 4) is 0 Å². The maximum atomic E-state index is 11.6. The average Bonchev–Trinajstić information content (AvgIpc) is 2.53. The van der Waals surface area contributed by atoms with E-state index in [1.807, 2.05) is 0 Å². The standard InChI is InChI=1S/C12H19NO2S/c1-6-7-8(13)9(11(14)15-5)16-10(7)12(2,3)4/h6,13H2,1-5H3. The molecule has 3 nitrogen and oxygen atoms in total. The molecule has 1 aromatic heterocycles. The number of anilines is 1. The highest BCUT2D eigenvalue weighted by Gasteiger charge is 2.26.